The first-order valence-corrected chi connectivity index (χ1v) is 8.84. The van der Waals surface area contributed by atoms with Crippen LogP contribution in [0.1, 0.15) is 27.7 Å². The topological polar surface area (TPSA) is 81.2 Å². The van der Waals surface area contributed by atoms with Crippen molar-refractivity contribution < 1.29 is 9.47 Å². The molecule has 2 atom stereocenters. The maximum atomic E-state index is 5.48. The molecule has 0 aliphatic heterocycles. The lowest BCUT2D eigenvalue weighted by atomic mass is 10.2. The van der Waals surface area contributed by atoms with Gasteiger partial charge in [0, 0.05) is 19.8 Å². The molecular weight excluding hydrogens is 330 g/mol. The third kappa shape index (κ3) is 5.37. The van der Waals surface area contributed by atoms with Gasteiger partial charge in [0.2, 0.25) is 11.9 Å². The zero-order valence-corrected chi connectivity index (χ0v) is 16.4. The van der Waals surface area contributed by atoms with Crippen molar-refractivity contribution in [2.75, 3.05) is 24.9 Å². The van der Waals surface area contributed by atoms with E-state index in [4.69, 9.17) is 9.47 Å². The van der Waals surface area contributed by atoms with Crippen LogP contribution in [-0.2, 0) is 9.47 Å². The second-order valence-electron chi connectivity index (χ2n) is 6.76. The van der Waals surface area contributed by atoms with E-state index in [1.807, 2.05) is 30.3 Å². The highest BCUT2D eigenvalue weighted by Crippen LogP contribution is 2.20. The van der Waals surface area contributed by atoms with Crippen molar-refractivity contribution >= 4 is 11.9 Å². The van der Waals surface area contributed by atoms with Gasteiger partial charge in [0.15, 0.2) is 5.82 Å². The van der Waals surface area contributed by atoms with Crippen LogP contribution < -0.4 is 10.6 Å². The Labute approximate surface area is 155 Å². The molecule has 1 aromatic heterocycles. The van der Waals surface area contributed by atoms with Crippen LogP contribution in [0.4, 0.5) is 11.9 Å². The fraction of sp³-hybridized carbons (Fsp3) is 0.526. The lowest BCUT2D eigenvalue weighted by Gasteiger charge is -2.23. The van der Waals surface area contributed by atoms with E-state index in [9.17, 15) is 0 Å². The molecule has 0 aliphatic carbocycles. The average Bonchev–Trinajstić information content (AvgIpc) is 2.64. The Morgan fingerprint density at radius 3 is 1.58 bits per heavy atom. The van der Waals surface area contributed by atoms with Crippen molar-refractivity contribution in [2.45, 2.75) is 40.2 Å². The molecule has 0 fully saturated rings. The predicted molar refractivity (Wildman–Crippen MR) is 104 cm³/mol. The van der Waals surface area contributed by atoms with Crippen LogP contribution in [0.3, 0.4) is 0 Å². The number of hydrogen-bond acceptors (Lipinski definition) is 7. The van der Waals surface area contributed by atoms with Crippen LogP contribution in [0.15, 0.2) is 30.3 Å². The Balaban J connectivity index is 2.39. The zero-order chi connectivity index (χ0) is 19.1. The Morgan fingerprint density at radius 2 is 1.19 bits per heavy atom. The summed E-state index contributed by atoms with van der Waals surface area (Å²) in [5.41, 5.74) is 0.915. The van der Waals surface area contributed by atoms with Crippen molar-refractivity contribution in [1.29, 1.82) is 0 Å². The second kappa shape index (κ2) is 9.45. The number of benzene rings is 1. The number of ether oxygens (including phenoxy) is 2. The van der Waals surface area contributed by atoms with E-state index >= 15 is 0 Å². The number of aromatic nitrogens is 3. The van der Waals surface area contributed by atoms with Crippen molar-refractivity contribution in [3.8, 4) is 11.4 Å². The number of anilines is 2. The highest BCUT2D eigenvalue weighted by molar-refractivity contribution is 5.57. The normalized spacial score (nSPS) is 13.7. The van der Waals surface area contributed by atoms with Gasteiger partial charge in [-0.25, -0.2) is 0 Å². The van der Waals surface area contributed by atoms with E-state index in [1.165, 1.54) is 0 Å². The lowest BCUT2D eigenvalue weighted by Crippen LogP contribution is -2.30. The van der Waals surface area contributed by atoms with Crippen LogP contribution in [0.25, 0.3) is 11.4 Å². The van der Waals surface area contributed by atoms with Gasteiger partial charge in [-0.3, -0.25) is 0 Å². The third-order valence-corrected chi connectivity index (χ3v) is 3.93. The minimum Gasteiger partial charge on any atom is -0.361 e. The molecule has 2 unspecified atom stereocenters. The summed E-state index contributed by atoms with van der Waals surface area (Å²) < 4.78 is 11.0. The van der Waals surface area contributed by atoms with E-state index in [0.29, 0.717) is 17.7 Å². The van der Waals surface area contributed by atoms with Gasteiger partial charge in [0.1, 0.15) is 12.5 Å². The fourth-order valence-electron chi connectivity index (χ4n) is 2.47. The number of nitrogens with one attached hydrogen (secondary N) is 2. The summed E-state index contributed by atoms with van der Waals surface area (Å²) in [7, 11) is 3.33. The Kier molecular flexibility index (Phi) is 7.29. The van der Waals surface area contributed by atoms with Crippen molar-refractivity contribution in [2.24, 2.45) is 11.8 Å². The summed E-state index contributed by atoms with van der Waals surface area (Å²) in [4.78, 5) is 13.6. The molecule has 2 N–H and O–H groups in total. The summed E-state index contributed by atoms with van der Waals surface area (Å²) in [6.45, 7) is 8.28. The molecule has 7 nitrogen and oxygen atoms in total. The largest absolute Gasteiger partial charge is 0.361 e. The first-order chi connectivity index (χ1) is 12.4. The molecule has 1 heterocycles. The van der Waals surface area contributed by atoms with Crippen LogP contribution in [0.5, 0.6) is 0 Å². The smallest absolute Gasteiger partial charge is 0.230 e. The van der Waals surface area contributed by atoms with Crippen molar-refractivity contribution in [3.63, 3.8) is 0 Å². The molecule has 7 heteroatoms. The van der Waals surface area contributed by atoms with Crippen molar-refractivity contribution in [3.05, 3.63) is 30.3 Å². The monoisotopic (exact) mass is 359 g/mol. The maximum Gasteiger partial charge on any atom is 0.230 e. The SMILES string of the molecule is COC(Nc1nc(NC(OC)C(C)C)nc(-c2ccccc2)n1)C(C)C. The molecule has 0 aliphatic rings. The van der Waals surface area contributed by atoms with E-state index in [1.54, 1.807) is 14.2 Å². The minimum atomic E-state index is -0.197. The second-order valence-corrected chi connectivity index (χ2v) is 6.76. The van der Waals surface area contributed by atoms with Crippen LogP contribution >= 0.6 is 0 Å². The molecule has 0 saturated carbocycles. The molecule has 1 aromatic carbocycles. The van der Waals surface area contributed by atoms with Crippen LogP contribution in [0, 0.1) is 11.8 Å². The molecular formula is C19H29N5O2. The minimum absolute atomic E-state index is 0.197. The standard InChI is InChI=1S/C19H29N5O2/c1-12(2)16(25-5)22-18-20-15(14-10-8-7-9-11-14)21-19(24-18)23-17(26-6)13(3)4/h7-13,16-17H,1-6H3,(H2,20,21,22,23,24). The Hall–Kier alpha value is -2.25. The Bertz CT molecular complexity index is 643. The highest BCUT2D eigenvalue weighted by Gasteiger charge is 2.18. The van der Waals surface area contributed by atoms with Gasteiger partial charge < -0.3 is 20.1 Å². The molecule has 0 amide bonds. The molecule has 2 rings (SSSR count). The molecule has 2 aromatic rings. The Morgan fingerprint density at radius 1 is 0.731 bits per heavy atom. The summed E-state index contributed by atoms with van der Waals surface area (Å²) in [5, 5.41) is 6.47. The van der Waals surface area contributed by atoms with Crippen molar-refractivity contribution in [1.82, 2.24) is 15.0 Å². The van der Waals surface area contributed by atoms with Crippen LogP contribution in [-0.4, -0.2) is 41.6 Å². The fourth-order valence-corrected chi connectivity index (χ4v) is 2.47. The van der Waals surface area contributed by atoms with Gasteiger partial charge >= 0.3 is 0 Å². The van der Waals surface area contributed by atoms with Gasteiger partial charge in [-0.05, 0) is 11.8 Å². The van der Waals surface area contributed by atoms with Gasteiger partial charge in [-0.1, -0.05) is 58.0 Å². The molecule has 0 spiro atoms. The summed E-state index contributed by atoms with van der Waals surface area (Å²) in [6, 6.07) is 9.81. The quantitative estimate of drug-likeness (QED) is 0.662. The number of methoxy groups -OCH3 is 2. The van der Waals surface area contributed by atoms with E-state index in [0.717, 1.165) is 5.56 Å². The molecule has 26 heavy (non-hydrogen) atoms. The first kappa shape index (κ1) is 20.1. The molecule has 0 bridgehead atoms. The molecule has 142 valence electrons. The molecule has 0 saturated heterocycles. The summed E-state index contributed by atoms with van der Waals surface area (Å²) in [5.74, 6) is 2.02. The lowest BCUT2D eigenvalue weighted by molar-refractivity contribution is 0.0861. The predicted octanol–water partition coefficient (Wildman–Crippen LogP) is 3.62. The van der Waals surface area contributed by atoms with Gasteiger partial charge in [0.25, 0.3) is 0 Å². The summed E-state index contributed by atoms with van der Waals surface area (Å²) in [6.07, 6.45) is -0.394. The van der Waals surface area contributed by atoms with Gasteiger partial charge in [-0.2, -0.15) is 15.0 Å². The highest BCUT2D eigenvalue weighted by atomic mass is 16.5. The van der Waals surface area contributed by atoms with Crippen LogP contribution in [0.2, 0.25) is 0 Å². The van der Waals surface area contributed by atoms with E-state index in [-0.39, 0.29) is 24.3 Å². The van der Waals surface area contributed by atoms with Gasteiger partial charge in [0.05, 0.1) is 0 Å². The maximum absolute atomic E-state index is 5.48. The average molecular weight is 359 g/mol. The van der Waals surface area contributed by atoms with Gasteiger partial charge in [-0.15, -0.1) is 0 Å². The first-order valence-electron chi connectivity index (χ1n) is 8.84. The van der Waals surface area contributed by atoms with E-state index in [2.05, 4.69) is 53.3 Å². The number of rotatable bonds is 9. The number of nitrogens with zero attached hydrogens (tertiary/aromatic N) is 3. The van der Waals surface area contributed by atoms with E-state index < -0.39 is 0 Å². The zero-order valence-electron chi connectivity index (χ0n) is 16.4. The third-order valence-electron chi connectivity index (χ3n) is 3.93. The summed E-state index contributed by atoms with van der Waals surface area (Å²) >= 11 is 0. The molecule has 0 radical (unpaired) electrons. The number of hydrogen-bond donors (Lipinski definition) is 2.